The van der Waals surface area contributed by atoms with E-state index in [0.29, 0.717) is 19.4 Å². The molecule has 2 aromatic rings. The van der Waals surface area contributed by atoms with Gasteiger partial charge in [0.15, 0.2) is 0 Å². The maximum Gasteiger partial charge on any atom is 0.220 e. The number of carbonyl (C=O) groups is 1. The van der Waals surface area contributed by atoms with Crippen LogP contribution in [0.25, 0.3) is 0 Å². The Morgan fingerprint density at radius 2 is 1.62 bits per heavy atom. The van der Waals surface area contributed by atoms with Crippen molar-refractivity contribution in [2.75, 3.05) is 20.8 Å². The van der Waals surface area contributed by atoms with Gasteiger partial charge in [0.2, 0.25) is 5.91 Å². The number of hydrogen-bond acceptors (Lipinski definition) is 4. The van der Waals surface area contributed by atoms with Crippen LogP contribution in [0.1, 0.15) is 37.4 Å². The number of carbonyl (C=O) groups excluding carboxylic acids is 1. The molecule has 0 spiro atoms. The van der Waals surface area contributed by atoms with Crippen molar-refractivity contribution in [1.82, 2.24) is 5.32 Å². The fraction of sp³-hybridized carbons (Fsp3) is 0.381. The number of rotatable bonds is 9. The SMILES string of the molecule is CCOc1ccc(C(C)NC(=O)CCc2cc(OC)cc(OC)c2)cc1. The predicted octanol–water partition coefficient (Wildman–Crippen LogP) is 3.91. The molecule has 1 amide bonds. The van der Waals surface area contributed by atoms with Crippen LogP contribution in [0.2, 0.25) is 0 Å². The highest BCUT2D eigenvalue weighted by molar-refractivity contribution is 5.76. The van der Waals surface area contributed by atoms with Crippen LogP contribution in [0.5, 0.6) is 17.2 Å². The molecule has 0 aliphatic carbocycles. The first kappa shape index (κ1) is 19.6. The molecule has 5 heteroatoms. The second-order valence-electron chi connectivity index (χ2n) is 6.01. The lowest BCUT2D eigenvalue weighted by atomic mass is 10.1. The van der Waals surface area contributed by atoms with E-state index in [-0.39, 0.29) is 11.9 Å². The van der Waals surface area contributed by atoms with E-state index in [1.807, 2.05) is 56.3 Å². The van der Waals surface area contributed by atoms with Gasteiger partial charge in [-0.2, -0.15) is 0 Å². The van der Waals surface area contributed by atoms with Gasteiger partial charge in [-0.1, -0.05) is 12.1 Å². The van der Waals surface area contributed by atoms with Crippen molar-refractivity contribution in [1.29, 1.82) is 0 Å². The lowest BCUT2D eigenvalue weighted by Gasteiger charge is -2.15. The second-order valence-corrected chi connectivity index (χ2v) is 6.01. The van der Waals surface area contributed by atoms with Gasteiger partial charge in [0.05, 0.1) is 26.9 Å². The number of hydrogen-bond donors (Lipinski definition) is 1. The van der Waals surface area contributed by atoms with Crippen LogP contribution in [-0.4, -0.2) is 26.7 Å². The molecular weight excluding hydrogens is 330 g/mol. The molecule has 140 valence electrons. The normalized spacial score (nSPS) is 11.5. The molecule has 2 aromatic carbocycles. The van der Waals surface area contributed by atoms with Crippen molar-refractivity contribution < 1.29 is 19.0 Å². The summed E-state index contributed by atoms with van der Waals surface area (Å²) in [7, 11) is 3.23. The molecule has 0 aromatic heterocycles. The lowest BCUT2D eigenvalue weighted by Crippen LogP contribution is -2.26. The maximum absolute atomic E-state index is 12.3. The van der Waals surface area contributed by atoms with Gasteiger partial charge in [-0.15, -0.1) is 0 Å². The van der Waals surface area contributed by atoms with Gasteiger partial charge in [-0.05, 0) is 55.7 Å². The third kappa shape index (κ3) is 5.69. The Morgan fingerprint density at radius 3 is 2.15 bits per heavy atom. The monoisotopic (exact) mass is 357 g/mol. The first-order chi connectivity index (χ1) is 12.5. The molecule has 0 heterocycles. The highest BCUT2D eigenvalue weighted by Crippen LogP contribution is 2.23. The Morgan fingerprint density at radius 1 is 1.00 bits per heavy atom. The van der Waals surface area contributed by atoms with Crippen LogP contribution in [0.4, 0.5) is 0 Å². The molecule has 1 atom stereocenters. The Hall–Kier alpha value is -2.69. The molecule has 0 saturated heterocycles. The van der Waals surface area contributed by atoms with Gasteiger partial charge < -0.3 is 19.5 Å². The Bertz CT molecular complexity index is 690. The number of methoxy groups -OCH3 is 2. The average Bonchev–Trinajstić information content (AvgIpc) is 2.66. The summed E-state index contributed by atoms with van der Waals surface area (Å²) >= 11 is 0. The predicted molar refractivity (Wildman–Crippen MR) is 102 cm³/mol. The van der Waals surface area contributed by atoms with Gasteiger partial charge >= 0.3 is 0 Å². The van der Waals surface area contributed by atoms with Crippen LogP contribution in [0.3, 0.4) is 0 Å². The minimum atomic E-state index is -0.0574. The average molecular weight is 357 g/mol. The van der Waals surface area contributed by atoms with Crippen LogP contribution in [0, 0.1) is 0 Å². The summed E-state index contributed by atoms with van der Waals surface area (Å²) in [6.45, 7) is 4.57. The molecule has 2 rings (SSSR count). The van der Waals surface area contributed by atoms with E-state index in [4.69, 9.17) is 14.2 Å². The minimum absolute atomic E-state index is 0.00757. The minimum Gasteiger partial charge on any atom is -0.497 e. The van der Waals surface area contributed by atoms with Crippen LogP contribution in [0.15, 0.2) is 42.5 Å². The van der Waals surface area contributed by atoms with E-state index in [0.717, 1.165) is 28.4 Å². The maximum atomic E-state index is 12.3. The summed E-state index contributed by atoms with van der Waals surface area (Å²) in [6, 6.07) is 13.4. The third-order valence-electron chi connectivity index (χ3n) is 4.12. The Balaban J connectivity index is 1.90. The Labute approximate surface area is 155 Å². The second kappa shape index (κ2) is 9.70. The summed E-state index contributed by atoms with van der Waals surface area (Å²) in [5.41, 5.74) is 2.05. The van der Waals surface area contributed by atoms with Crippen molar-refractivity contribution in [3.05, 3.63) is 53.6 Å². The lowest BCUT2D eigenvalue weighted by molar-refractivity contribution is -0.121. The fourth-order valence-electron chi connectivity index (χ4n) is 2.68. The number of ether oxygens (including phenoxy) is 3. The zero-order valence-corrected chi connectivity index (χ0v) is 15.9. The zero-order valence-electron chi connectivity index (χ0n) is 15.9. The standard InChI is InChI=1S/C21H27NO4/c1-5-26-18-9-7-17(8-10-18)15(2)22-21(23)11-6-16-12-19(24-3)14-20(13-16)25-4/h7-10,12-15H,5-6,11H2,1-4H3,(H,22,23). The highest BCUT2D eigenvalue weighted by Gasteiger charge is 2.11. The van der Waals surface area contributed by atoms with E-state index in [1.165, 1.54) is 0 Å². The largest absolute Gasteiger partial charge is 0.497 e. The summed E-state index contributed by atoms with van der Waals surface area (Å²) in [5.74, 6) is 2.29. The summed E-state index contributed by atoms with van der Waals surface area (Å²) < 4.78 is 16.0. The van der Waals surface area contributed by atoms with Crippen molar-refractivity contribution in [3.63, 3.8) is 0 Å². The van der Waals surface area contributed by atoms with Gasteiger partial charge in [-0.25, -0.2) is 0 Å². The molecule has 0 bridgehead atoms. The number of aryl methyl sites for hydroxylation is 1. The molecule has 0 aliphatic rings. The number of nitrogens with one attached hydrogen (secondary N) is 1. The highest BCUT2D eigenvalue weighted by atomic mass is 16.5. The molecule has 0 saturated carbocycles. The van der Waals surface area contributed by atoms with Gasteiger partial charge in [0, 0.05) is 12.5 Å². The first-order valence-corrected chi connectivity index (χ1v) is 8.79. The van der Waals surface area contributed by atoms with Gasteiger partial charge in [-0.3, -0.25) is 4.79 Å². The molecular formula is C21H27NO4. The van der Waals surface area contributed by atoms with Crippen LogP contribution < -0.4 is 19.5 Å². The van der Waals surface area contributed by atoms with E-state index in [1.54, 1.807) is 14.2 Å². The summed E-state index contributed by atoms with van der Waals surface area (Å²) in [6.07, 6.45) is 1.02. The van der Waals surface area contributed by atoms with Crippen molar-refractivity contribution in [3.8, 4) is 17.2 Å². The topological polar surface area (TPSA) is 56.8 Å². The molecule has 5 nitrogen and oxygen atoms in total. The molecule has 0 aliphatic heterocycles. The number of amides is 1. The zero-order chi connectivity index (χ0) is 18.9. The number of benzene rings is 2. The molecule has 1 unspecified atom stereocenters. The first-order valence-electron chi connectivity index (χ1n) is 8.79. The smallest absolute Gasteiger partial charge is 0.220 e. The van der Waals surface area contributed by atoms with E-state index >= 15 is 0 Å². The van der Waals surface area contributed by atoms with E-state index in [2.05, 4.69) is 5.32 Å². The third-order valence-corrected chi connectivity index (χ3v) is 4.12. The van der Waals surface area contributed by atoms with Gasteiger partial charge in [0.1, 0.15) is 17.2 Å². The molecule has 26 heavy (non-hydrogen) atoms. The van der Waals surface area contributed by atoms with E-state index in [9.17, 15) is 4.79 Å². The van der Waals surface area contributed by atoms with Crippen molar-refractivity contribution >= 4 is 5.91 Å². The van der Waals surface area contributed by atoms with Gasteiger partial charge in [0.25, 0.3) is 0 Å². The molecule has 0 fully saturated rings. The fourth-order valence-corrected chi connectivity index (χ4v) is 2.68. The molecule has 0 radical (unpaired) electrons. The summed E-state index contributed by atoms with van der Waals surface area (Å²) in [5, 5.41) is 3.03. The summed E-state index contributed by atoms with van der Waals surface area (Å²) in [4.78, 5) is 12.3. The van der Waals surface area contributed by atoms with E-state index < -0.39 is 0 Å². The Kier molecular flexibility index (Phi) is 7.33. The molecule has 1 N–H and O–H groups in total. The van der Waals surface area contributed by atoms with Crippen molar-refractivity contribution in [2.24, 2.45) is 0 Å². The quantitative estimate of drug-likeness (QED) is 0.739. The van der Waals surface area contributed by atoms with Crippen LogP contribution in [-0.2, 0) is 11.2 Å². The van der Waals surface area contributed by atoms with Crippen LogP contribution >= 0.6 is 0 Å². The van der Waals surface area contributed by atoms with Crippen molar-refractivity contribution in [2.45, 2.75) is 32.7 Å².